The largest absolute Gasteiger partial charge is 0.508 e. The second kappa shape index (κ2) is 61.7. The van der Waals surface area contributed by atoms with Gasteiger partial charge in [-0.15, -0.1) is 0 Å². The van der Waals surface area contributed by atoms with Gasteiger partial charge in [-0.25, -0.2) is 4.57 Å². The second-order valence-electron chi connectivity index (χ2n) is 29.1. The lowest BCUT2D eigenvalue weighted by Crippen LogP contribution is -2.89. The summed E-state index contributed by atoms with van der Waals surface area (Å²) in [7, 11) is 3.89. The number of nitrogens with one attached hydrogen (secondary N) is 2. The van der Waals surface area contributed by atoms with Crippen molar-refractivity contribution in [1.82, 2.24) is 4.90 Å². The number of primary amides is 2. The number of rotatable bonds is 31. The van der Waals surface area contributed by atoms with Crippen molar-refractivity contribution >= 4 is 92.4 Å². The molecule has 0 bridgehead atoms. The van der Waals surface area contributed by atoms with E-state index in [0.29, 0.717) is 63.1 Å². The monoisotopic (exact) mass is 1560 g/mol. The highest BCUT2D eigenvalue weighted by Crippen LogP contribution is 2.23. The number of likely N-dealkylation sites (tertiary alicyclic amines) is 1. The molecular weight excluding hydrogens is 1420 g/mol. The lowest BCUT2D eigenvalue weighted by atomic mass is 9.94. The summed E-state index contributed by atoms with van der Waals surface area (Å²) in [6, 6.07) is 32.6. The number of pyridine rings is 1. The molecule has 24 nitrogen and oxygen atoms in total. The fourth-order valence-electron chi connectivity index (χ4n) is 9.98. The van der Waals surface area contributed by atoms with Gasteiger partial charge in [-0.05, 0) is 171 Å². The number of quaternary nitrogens is 1. The molecule has 1 aromatic heterocycles. The maximum atomic E-state index is 12.3. The van der Waals surface area contributed by atoms with Crippen molar-refractivity contribution in [2.24, 2.45) is 93.8 Å². The van der Waals surface area contributed by atoms with Crippen LogP contribution in [0.4, 0.5) is 0 Å². The molecule has 112 heavy (non-hydrogen) atoms. The number of amides is 3. The quantitative estimate of drug-likeness (QED) is 0.00853. The van der Waals surface area contributed by atoms with Gasteiger partial charge in [0, 0.05) is 97.4 Å². The van der Waals surface area contributed by atoms with Gasteiger partial charge in [0.2, 0.25) is 11.8 Å². The van der Waals surface area contributed by atoms with E-state index in [0.717, 1.165) is 56.1 Å². The summed E-state index contributed by atoms with van der Waals surface area (Å²) in [6.07, 6.45) is 13.2. The molecule has 24 heteroatoms. The summed E-state index contributed by atoms with van der Waals surface area (Å²) < 4.78 is 2.00. The van der Waals surface area contributed by atoms with Crippen LogP contribution in [0.5, 0.6) is 5.75 Å². The summed E-state index contributed by atoms with van der Waals surface area (Å²) >= 11 is 0. The Bertz CT molecular complexity index is 3710. The lowest BCUT2D eigenvalue weighted by Gasteiger charge is -2.25. The molecule has 0 radical (unpaired) electrons. The van der Waals surface area contributed by atoms with E-state index in [1.54, 1.807) is 78.5 Å². The zero-order valence-corrected chi connectivity index (χ0v) is 69.7. The molecule has 1 aliphatic heterocycles. The average Bonchev–Trinajstić information content (AvgIpc) is 1.42. The summed E-state index contributed by atoms with van der Waals surface area (Å²) in [5, 5.41) is 27.6. The standard InChI is InChI=1S/C15H16O.C12H23N3O2.C12H16N2O.C11H16NO.C11H14O2.C8H17N3O.C7H13NO2.C6H12N2O.C4H8O.2CH4/c1-11(12(2)16)10-14-8-5-7-13-6-3-4-9-15(13)14;1-8(2)7-9(14-3)12(17)15-6-4-5-10(15)11(13)16;1-8(9(2)15)6-10-4-3-5-11(7-10)12(13)14;1-9(10(2)13)7-11-5-4-6-12(3)8-11;1-8(9(2)12)7-10-3-5-11(13)6-4-10;1-6(7(2)12)4-3-5-11-8(9)10;1-5(6(2)9)3-4-7(8)10;1-4(5(2)9)3-6(7)8;1-3-4(2)5;;/h3-9,11H,10H2,1-2H3;8-10,14H,4-7H2,1-3H3,(H2,13,16);3-5,7-8H,6H2,1-2H3,(H3,13,14);4-6,8-9H,7H2,1-3H3;3-6,8,13H,7H2,1-2H3;6H,3-5H2,1-2H3,(H4,9,10,11);5H,3-4H2,1-2H3,(H2,8,10);4H,3H2,1-2H3,(H3,7,8);3H2,1-2H3;2*1H4/q;;;+1;;;;;;;/p+1. The van der Waals surface area contributed by atoms with E-state index in [-0.39, 0.29) is 150 Å². The Kier molecular flexibility index (Phi) is 60.9. The molecular formula is C88H144N12O12+2. The zero-order chi connectivity index (χ0) is 85.1. The number of aryl methyl sites for hydroxylation is 1. The highest BCUT2D eigenvalue weighted by Gasteiger charge is 2.37. The van der Waals surface area contributed by atoms with E-state index in [1.165, 1.54) is 35.7 Å². The van der Waals surface area contributed by atoms with Crippen LogP contribution < -0.4 is 44.3 Å². The molecule has 0 saturated carbocycles. The number of fused-ring (bicyclic) bond motifs is 1. The van der Waals surface area contributed by atoms with Crippen LogP contribution >= 0.6 is 0 Å². The first-order valence-corrected chi connectivity index (χ1v) is 37.9. The molecule has 6 rings (SSSR count). The highest BCUT2D eigenvalue weighted by molar-refractivity contribution is 5.95. The van der Waals surface area contributed by atoms with Crippen molar-refractivity contribution < 1.29 is 67.7 Å². The SMILES string of the molecule is C.C.CC(=O)C(C)CC(=N)N.CC(=O)C(C)CCC(N)=O.CC(=O)C(C)CCCN=C(N)N.CC(=O)C(C)Cc1ccc(O)cc1.CC(=O)C(C)Cc1ccc[n+](C)c1.CC(=O)C(C)Cc1cccc(C(=N)N)c1.CC(=O)C(C)Cc1cccc2ccccc12.CCC(C)=O.C[NH2+]C(CC(C)C)C(=O)N1CCCC1C(N)=O. The Hall–Kier alpha value is -9.97. The van der Waals surface area contributed by atoms with E-state index in [1.807, 2.05) is 120 Å². The molecule has 0 spiro atoms. The number of aromatic hydroxyl groups is 1. The van der Waals surface area contributed by atoms with Crippen LogP contribution in [0.2, 0.25) is 0 Å². The number of nitrogens with zero attached hydrogens (tertiary/aromatic N) is 3. The van der Waals surface area contributed by atoms with Crippen LogP contribution in [0.3, 0.4) is 0 Å². The third kappa shape index (κ3) is 53.8. The van der Waals surface area contributed by atoms with Crippen LogP contribution in [-0.4, -0.2) is 124 Å². The molecule has 1 saturated heterocycles. The minimum atomic E-state index is -0.392. The number of nitrogens with two attached hydrogens (primary N) is 7. The number of aliphatic imine (C=N–C) groups is 1. The maximum absolute atomic E-state index is 12.3. The fourth-order valence-corrected chi connectivity index (χ4v) is 9.98. The fraction of sp³-hybridized carbons (Fsp3) is 0.534. The topological polar surface area (TPSA) is 448 Å². The van der Waals surface area contributed by atoms with Crippen molar-refractivity contribution in [3.05, 3.63) is 143 Å². The summed E-state index contributed by atoms with van der Waals surface area (Å²) in [5.74, 6) is 2.21. The first-order valence-electron chi connectivity index (χ1n) is 37.9. The first kappa shape index (κ1) is 111. The number of phenols is 1. The summed E-state index contributed by atoms with van der Waals surface area (Å²) in [6.45, 7) is 33.3. The smallest absolute Gasteiger partial charge is 0.281 e. The number of hydrogen-bond acceptors (Lipinski definition) is 15. The van der Waals surface area contributed by atoms with Crippen molar-refractivity contribution in [3.63, 3.8) is 0 Å². The number of guanidine groups is 1. The van der Waals surface area contributed by atoms with Crippen molar-refractivity contribution in [1.29, 1.82) is 10.8 Å². The summed E-state index contributed by atoms with van der Waals surface area (Å²) in [5.41, 5.74) is 36.2. The first-order chi connectivity index (χ1) is 51.2. The number of hydrogen-bond donors (Lipinski definition) is 10. The normalized spacial score (nSPS) is 13.4. The summed E-state index contributed by atoms with van der Waals surface area (Å²) in [4.78, 5) is 125. The van der Waals surface area contributed by atoms with Gasteiger partial charge in [-0.3, -0.25) is 63.8 Å². The van der Waals surface area contributed by atoms with E-state index < -0.39 is 6.04 Å². The number of likely N-dealkylation sites (N-methyl/N-ethyl adjacent to an activating group) is 1. The van der Waals surface area contributed by atoms with E-state index in [4.69, 9.17) is 50.3 Å². The molecule has 1 fully saturated rings. The van der Waals surface area contributed by atoms with Gasteiger partial charge in [-0.1, -0.05) is 157 Å². The van der Waals surface area contributed by atoms with Crippen LogP contribution in [0, 0.1) is 58.2 Å². The zero-order valence-electron chi connectivity index (χ0n) is 69.7. The molecule has 17 N–H and O–H groups in total. The minimum Gasteiger partial charge on any atom is -0.508 e. The molecule has 1 aliphatic rings. The number of phenolic OH excluding ortho intramolecular Hbond substituents is 1. The van der Waals surface area contributed by atoms with Crippen molar-refractivity contribution in [3.8, 4) is 5.75 Å². The number of nitrogen functional groups attached to an aromatic ring is 1. The lowest BCUT2D eigenvalue weighted by molar-refractivity contribution is -0.671. The van der Waals surface area contributed by atoms with E-state index in [9.17, 15) is 52.7 Å². The van der Waals surface area contributed by atoms with Crippen molar-refractivity contribution in [2.75, 3.05) is 20.1 Å². The molecule has 5 aromatic rings. The second-order valence-corrected chi connectivity index (χ2v) is 29.1. The Morgan fingerprint density at radius 1 is 0.571 bits per heavy atom. The van der Waals surface area contributed by atoms with Gasteiger partial charge < -0.3 is 54.5 Å². The Morgan fingerprint density at radius 2 is 1.03 bits per heavy atom. The van der Waals surface area contributed by atoms with Crippen LogP contribution in [0.15, 0.2) is 121 Å². The van der Waals surface area contributed by atoms with Gasteiger partial charge in [0.05, 0.1) is 12.9 Å². The molecule has 4 aromatic carbocycles. The number of Topliss-reactive ketones (excluding diaryl/α,β-unsaturated/α-hetero) is 8. The van der Waals surface area contributed by atoms with Gasteiger partial charge in [-0.2, -0.15) is 0 Å². The Morgan fingerprint density at radius 3 is 1.46 bits per heavy atom. The van der Waals surface area contributed by atoms with Gasteiger partial charge in [0.15, 0.2) is 24.4 Å². The Labute approximate surface area is 670 Å². The molecule has 0 aliphatic carbocycles. The number of ketones is 8. The molecule has 3 amide bonds. The highest BCUT2D eigenvalue weighted by atomic mass is 16.3. The third-order valence-electron chi connectivity index (χ3n) is 18.3. The number of aromatic nitrogens is 1. The Balaban J connectivity index is -0.000000388. The predicted molar refractivity (Wildman–Crippen MR) is 455 cm³/mol. The molecule has 626 valence electrons. The molecule has 9 unspecified atom stereocenters. The van der Waals surface area contributed by atoms with Crippen LogP contribution in [-0.2, 0) is 85.5 Å². The van der Waals surface area contributed by atoms with Gasteiger partial charge in [0.1, 0.15) is 70.9 Å². The number of benzene rings is 4. The maximum Gasteiger partial charge on any atom is 0.281 e. The molecule has 2 heterocycles. The number of amidine groups is 2. The number of carbonyl (C=O) groups is 11. The molecule has 9 atom stereocenters. The van der Waals surface area contributed by atoms with Crippen LogP contribution in [0.1, 0.15) is 225 Å². The predicted octanol–water partition coefficient (Wildman–Crippen LogP) is 11.4. The third-order valence-corrected chi connectivity index (χ3v) is 18.3. The van der Waals surface area contributed by atoms with E-state index in [2.05, 4.69) is 61.4 Å². The minimum absolute atomic E-state index is 0. The van der Waals surface area contributed by atoms with Crippen LogP contribution in [0.25, 0.3) is 10.8 Å². The van der Waals surface area contributed by atoms with Gasteiger partial charge in [0.25, 0.3) is 5.91 Å². The van der Waals surface area contributed by atoms with E-state index >= 15 is 0 Å². The van der Waals surface area contributed by atoms with Gasteiger partial charge >= 0.3 is 0 Å². The number of carbonyl (C=O) groups excluding carboxylic acids is 11. The average molecular weight is 1560 g/mol. The van der Waals surface area contributed by atoms with Crippen molar-refractivity contribution in [2.45, 2.75) is 235 Å².